The average molecular weight is 449 g/mol. The Morgan fingerprint density at radius 1 is 1.06 bits per heavy atom. The maximum Gasteiger partial charge on any atom is 0.267 e. The number of hydrogen-bond acceptors (Lipinski definition) is 5. The number of amides is 1. The van der Waals surface area contributed by atoms with E-state index in [4.69, 9.17) is 0 Å². The highest BCUT2D eigenvalue weighted by molar-refractivity contribution is 7.13. The molecule has 4 rings (SSSR count). The number of benzene rings is 2. The molecular weight excluding hydrogens is 427 g/mol. The molecule has 0 bridgehead atoms. The number of carbonyl (C=O) groups excluding carboxylic acids is 1. The Bertz CT molecular complexity index is 1270. The Hall–Kier alpha value is -3.65. The minimum atomic E-state index is -0.793. The number of nitrogens with one attached hydrogen (secondary N) is 1. The van der Waals surface area contributed by atoms with Crippen LogP contribution in [0.15, 0.2) is 76.9 Å². The van der Waals surface area contributed by atoms with Gasteiger partial charge in [-0.1, -0.05) is 30.3 Å². The van der Waals surface area contributed by atoms with Gasteiger partial charge in [0.1, 0.15) is 16.9 Å². The summed E-state index contributed by atoms with van der Waals surface area (Å²) in [5.41, 5.74) is 2.72. The average Bonchev–Trinajstić information content (AvgIpc) is 3.29. The van der Waals surface area contributed by atoms with Crippen molar-refractivity contribution in [2.75, 3.05) is 6.54 Å². The van der Waals surface area contributed by atoms with Crippen molar-refractivity contribution in [3.8, 4) is 21.8 Å². The number of aromatic nitrogens is 3. The van der Waals surface area contributed by atoms with E-state index < -0.39 is 6.04 Å². The van der Waals surface area contributed by atoms with Gasteiger partial charge >= 0.3 is 0 Å². The van der Waals surface area contributed by atoms with Crippen molar-refractivity contribution in [1.29, 1.82) is 0 Å². The van der Waals surface area contributed by atoms with E-state index in [2.05, 4.69) is 15.4 Å². The maximum absolute atomic E-state index is 13.2. The third kappa shape index (κ3) is 4.97. The summed E-state index contributed by atoms with van der Waals surface area (Å²) in [4.78, 5) is 29.5. The van der Waals surface area contributed by atoms with E-state index in [0.717, 1.165) is 20.9 Å². The fourth-order valence-electron chi connectivity index (χ4n) is 3.19. The van der Waals surface area contributed by atoms with Crippen LogP contribution in [0, 0.1) is 5.82 Å². The van der Waals surface area contributed by atoms with Crippen molar-refractivity contribution in [3.63, 3.8) is 0 Å². The van der Waals surface area contributed by atoms with Crippen LogP contribution < -0.4 is 10.9 Å². The first-order valence-corrected chi connectivity index (χ1v) is 11.0. The van der Waals surface area contributed by atoms with Crippen LogP contribution in [-0.2, 0) is 11.2 Å². The minimum absolute atomic E-state index is 0.311. The van der Waals surface area contributed by atoms with Crippen LogP contribution >= 0.6 is 11.3 Å². The van der Waals surface area contributed by atoms with E-state index in [1.807, 2.05) is 35.7 Å². The van der Waals surface area contributed by atoms with Gasteiger partial charge in [-0.25, -0.2) is 14.1 Å². The highest BCUT2D eigenvalue weighted by Gasteiger charge is 2.18. The molecule has 0 saturated heterocycles. The van der Waals surface area contributed by atoms with Gasteiger partial charge in [-0.15, -0.1) is 11.3 Å². The highest BCUT2D eigenvalue weighted by atomic mass is 32.1. The summed E-state index contributed by atoms with van der Waals surface area (Å²) in [5.74, 6) is -0.666. The third-order valence-corrected chi connectivity index (χ3v) is 5.90. The van der Waals surface area contributed by atoms with Gasteiger partial charge in [0.15, 0.2) is 0 Å². The van der Waals surface area contributed by atoms with Crippen molar-refractivity contribution in [1.82, 2.24) is 20.1 Å². The summed E-state index contributed by atoms with van der Waals surface area (Å²) in [6.45, 7) is 2.02. The van der Waals surface area contributed by atoms with Crippen molar-refractivity contribution in [3.05, 3.63) is 94.0 Å². The first kappa shape index (κ1) is 21.6. The Balaban J connectivity index is 1.39. The van der Waals surface area contributed by atoms with Gasteiger partial charge in [0.2, 0.25) is 5.91 Å². The molecule has 1 amide bonds. The van der Waals surface area contributed by atoms with Crippen LogP contribution in [0.1, 0.15) is 18.7 Å². The molecule has 0 saturated carbocycles. The fourth-order valence-corrected chi connectivity index (χ4v) is 4.05. The molecule has 4 aromatic rings. The molecule has 162 valence electrons. The number of nitrogens with zero attached hydrogens (tertiary/aromatic N) is 3. The van der Waals surface area contributed by atoms with Gasteiger partial charge in [0, 0.05) is 35.5 Å². The SMILES string of the molecule is C[C@@H](C(=O)NCCc1csc(-c2ccccc2)n1)n1nc(-c2ccc(F)cc2)ccc1=O. The first-order valence-electron chi connectivity index (χ1n) is 10.1. The minimum Gasteiger partial charge on any atom is -0.354 e. The van der Waals surface area contributed by atoms with Crippen molar-refractivity contribution in [2.24, 2.45) is 0 Å². The number of rotatable bonds is 7. The second kappa shape index (κ2) is 9.65. The monoisotopic (exact) mass is 448 g/mol. The zero-order valence-corrected chi connectivity index (χ0v) is 18.2. The molecule has 0 aliphatic carbocycles. The standard InChI is InChI=1S/C24H21FN4O2S/c1-16(29-22(30)12-11-21(28-29)17-7-9-19(25)10-8-17)23(31)26-14-13-20-15-32-24(27-20)18-5-3-2-4-6-18/h2-12,15-16H,13-14H2,1H3,(H,26,31)/t16-/m0/s1. The van der Waals surface area contributed by atoms with Crippen LogP contribution in [0.4, 0.5) is 4.39 Å². The molecule has 0 aliphatic rings. The van der Waals surface area contributed by atoms with Gasteiger partial charge in [-0.3, -0.25) is 9.59 Å². The van der Waals surface area contributed by atoms with Gasteiger partial charge in [-0.2, -0.15) is 5.10 Å². The van der Waals surface area contributed by atoms with Crippen LogP contribution in [0.5, 0.6) is 0 Å². The zero-order chi connectivity index (χ0) is 22.5. The topological polar surface area (TPSA) is 76.9 Å². The Morgan fingerprint density at radius 2 is 1.81 bits per heavy atom. The van der Waals surface area contributed by atoms with E-state index in [1.54, 1.807) is 36.5 Å². The molecule has 6 nitrogen and oxygen atoms in total. The first-order chi connectivity index (χ1) is 15.5. The summed E-state index contributed by atoms with van der Waals surface area (Å²) in [6, 6.07) is 17.9. The number of thiazole rings is 1. The Kier molecular flexibility index (Phi) is 6.51. The molecular formula is C24H21FN4O2S. The van der Waals surface area contributed by atoms with Gasteiger partial charge in [0.25, 0.3) is 5.56 Å². The Labute approximate surface area is 188 Å². The molecule has 0 unspecified atom stereocenters. The van der Waals surface area contributed by atoms with E-state index in [0.29, 0.717) is 24.2 Å². The summed E-state index contributed by atoms with van der Waals surface area (Å²) in [6.07, 6.45) is 0.583. The molecule has 1 N–H and O–H groups in total. The van der Waals surface area contributed by atoms with Crippen LogP contribution in [-0.4, -0.2) is 27.2 Å². The zero-order valence-electron chi connectivity index (χ0n) is 17.4. The lowest BCUT2D eigenvalue weighted by Crippen LogP contribution is -2.37. The second-order valence-corrected chi connectivity index (χ2v) is 8.09. The van der Waals surface area contributed by atoms with Gasteiger partial charge in [0.05, 0.1) is 11.4 Å². The molecule has 32 heavy (non-hydrogen) atoms. The maximum atomic E-state index is 13.2. The van der Waals surface area contributed by atoms with Crippen molar-refractivity contribution in [2.45, 2.75) is 19.4 Å². The van der Waals surface area contributed by atoms with Crippen LogP contribution in [0.2, 0.25) is 0 Å². The summed E-state index contributed by atoms with van der Waals surface area (Å²) < 4.78 is 14.3. The van der Waals surface area contributed by atoms with E-state index >= 15 is 0 Å². The lowest BCUT2D eigenvalue weighted by Gasteiger charge is -2.15. The molecule has 2 heterocycles. The predicted octanol–water partition coefficient (Wildman–Crippen LogP) is 4.09. The molecule has 0 fully saturated rings. The molecule has 2 aromatic carbocycles. The van der Waals surface area contributed by atoms with E-state index in [1.165, 1.54) is 18.2 Å². The largest absolute Gasteiger partial charge is 0.354 e. The van der Waals surface area contributed by atoms with Crippen LogP contribution in [0.3, 0.4) is 0 Å². The van der Waals surface area contributed by atoms with E-state index in [-0.39, 0.29) is 17.3 Å². The van der Waals surface area contributed by atoms with Crippen LogP contribution in [0.25, 0.3) is 21.8 Å². The summed E-state index contributed by atoms with van der Waals surface area (Å²) >= 11 is 1.56. The van der Waals surface area contributed by atoms with Gasteiger partial charge in [-0.05, 0) is 37.3 Å². The lowest BCUT2D eigenvalue weighted by molar-refractivity contribution is -0.124. The quantitative estimate of drug-likeness (QED) is 0.462. The second-order valence-electron chi connectivity index (χ2n) is 7.24. The molecule has 0 aliphatic heterocycles. The van der Waals surface area contributed by atoms with Crippen molar-refractivity contribution >= 4 is 17.2 Å². The normalized spacial score (nSPS) is 11.8. The highest BCUT2D eigenvalue weighted by Crippen LogP contribution is 2.23. The third-order valence-electron chi connectivity index (χ3n) is 4.96. The lowest BCUT2D eigenvalue weighted by atomic mass is 10.1. The Morgan fingerprint density at radius 3 is 2.56 bits per heavy atom. The number of halogens is 1. The summed E-state index contributed by atoms with van der Waals surface area (Å²) in [5, 5.41) is 10.1. The molecule has 1 atom stereocenters. The predicted molar refractivity (Wildman–Crippen MR) is 123 cm³/mol. The summed E-state index contributed by atoms with van der Waals surface area (Å²) in [7, 11) is 0. The number of carbonyl (C=O) groups is 1. The number of hydrogen-bond donors (Lipinski definition) is 1. The molecule has 8 heteroatoms. The molecule has 0 spiro atoms. The fraction of sp³-hybridized carbons (Fsp3) is 0.167. The van der Waals surface area contributed by atoms with Gasteiger partial charge < -0.3 is 5.32 Å². The van der Waals surface area contributed by atoms with E-state index in [9.17, 15) is 14.0 Å². The van der Waals surface area contributed by atoms with Crippen molar-refractivity contribution < 1.29 is 9.18 Å². The molecule has 0 radical (unpaired) electrons. The molecule has 2 aromatic heterocycles. The smallest absolute Gasteiger partial charge is 0.267 e.